The van der Waals surface area contributed by atoms with Crippen LogP contribution >= 0.6 is 0 Å². The molecular weight excluding hydrogens is 440 g/mol. The van der Waals surface area contributed by atoms with Crippen molar-refractivity contribution >= 4 is 29.0 Å². The average molecular weight is 475 g/mol. The average Bonchev–Trinajstić information content (AvgIpc) is 3.62. The molecule has 3 N–H and O–H groups in total. The van der Waals surface area contributed by atoms with E-state index < -0.39 is 5.97 Å². The zero-order valence-corrected chi connectivity index (χ0v) is 20.5. The van der Waals surface area contributed by atoms with Crippen molar-refractivity contribution in [3.63, 3.8) is 0 Å². The van der Waals surface area contributed by atoms with Crippen LogP contribution in [0.1, 0.15) is 84.5 Å². The van der Waals surface area contributed by atoms with E-state index in [-0.39, 0.29) is 24.3 Å². The quantitative estimate of drug-likeness (QED) is 0.388. The Morgan fingerprint density at radius 1 is 1.09 bits per heavy atom. The lowest BCUT2D eigenvalue weighted by Gasteiger charge is -2.30. The first kappa shape index (κ1) is 23.4. The van der Waals surface area contributed by atoms with E-state index in [1.807, 2.05) is 16.7 Å². The van der Waals surface area contributed by atoms with Gasteiger partial charge in [-0.2, -0.15) is 0 Å². The number of amides is 1. The molecule has 184 valence electrons. The second-order valence-corrected chi connectivity index (χ2v) is 10.2. The number of hydrogen-bond donors (Lipinski definition) is 3. The maximum Gasteiger partial charge on any atom is 0.305 e. The largest absolute Gasteiger partial charge is 0.481 e. The first-order chi connectivity index (χ1) is 16.9. The number of imidazole rings is 1. The summed E-state index contributed by atoms with van der Waals surface area (Å²) in [6, 6.07) is 9.52. The van der Waals surface area contributed by atoms with Gasteiger partial charge in [-0.3, -0.25) is 14.0 Å². The highest BCUT2D eigenvalue weighted by molar-refractivity contribution is 5.95. The predicted octanol–water partition coefficient (Wildman–Crippen LogP) is 5.73. The van der Waals surface area contributed by atoms with Crippen molar-refractivity contribution in [2.24, 2.45) is 5.92 Å². The van der Waals surface area contributed by atoms with Crippen LogP contribution < -0.4 is 10.6 Å². The molecule has 2 aliphatic rings. The highest BCUT2D eigenvalue weighted by atomic mass is 16.4. The van der Waals surface area contributed by atoms with Gasteiger partial charge >= 0.3 is 5.97 Å². The maximum absolute atomic E-state index is 13.2. The summed E-state index contributed by atoms with van der Waals surface area (Å²) in [5, 5.41) is 16.1. The molecule has 0 spiro atoms. The van der Waals surface area contributed by atoms with Gasteiger partial charge in [0.05, 0.1) is 12.1 Å². The molecule has 3 aromatic rings. The Morgan fingerprint density at radius 3 is 2.46 bits per heavy atom. The van der Waals surface area contributed by atoms with E-state index >= 15 is 0 Å². The minimum atomic E-state index is -0.874. The number of aliphatic carboxylic acids is 1. The molecule has 0 aliphatic heterocycles. The normalized spacial score (nSPS) is 17.3. The van der Waals surface area contributed by atoms with Gasteiger partial charge in [0.25, 0.3) is 5.91 Å². The molecule has 0 radical (unpaired) electrons. The summed E-state index contributed by atoms with van der Waals surface area (Å²) < 4.78 is 2.02. The van der Waals surface area contributed by atoms with Crippen molar-refractivity contribution in [1.29, 1.82) is 0 Å². The van der Waals surface area contributed by atoms with Crippen LogP contribution in [0.4, 0.5) is 11.5 Å². The summed E-state index contributed by atoms with van der Waals surface area (Å²) in [4.78, 5) is 29.6. The Labute approximate surface area is 206 Å². The Hall–Kier alpha value is -3.35. The van der Waals surface area contributed by atoms with Gasteiger partial charge < -0.3 is 15.7 Å². The SMILES string of the molecule is Cc1cccc(C)c1Nc1c(C2CC2)nc2cc(C(=O)NC(CC(=O)O)C3CCCCC3)ccn12. The number of carboxylic acid groups (broad SMARTS) is 1. The molecule has 35 heavy (non-hydrogen) atoms. The summed E-state index contributed by atoms with van der Waals surface area (Å²) in [6.45, 7) is 4.19. The lowest BCUT2D eigenvalue weighted by molar-refractivity contribution is -0.137. The van der Waals surface area contributed by atoms with Crippen LogP contribution in [-0.4, -0.2) is 32.4 Å². The third kappa shape index (κ3) is 5.04. The number of para-hydroxylation sites is 1. The molecule has 2 heterocycles. The van der Waals surface area contributed by atoms with Crippen molar-refractivity contribution in [2.75, 3.05) is 5.32 Å². The number of carbonyl (C=O) groups is 2. The molecule has 1 aromatic carbocycles. The van der Waals surface area contributed by atoms with E-state index in [9.17, 15) is 14.7 Å². The summed E-state index contributed by atoms with van der Waals surface area (Å²) >= 11 is 0. The summed E-state index contributed by atoms with van der Waals surface area (Å²) in [7, 11) is 0. The molecule has 7 nitrogen and oxygen atoms in total. The maximum atomic E-state index is 13.2. The number of rotatable bonds is 8. The smallest absolute Gasteiger partial charge is 0.305 e. The van der Waals surface area contributed by atoms with E-state index in [4.69, 9.17) is 4.98 Å². The number of hydrogen-bond acceptors (Lipinski definition) is 4. The van der Waals surface area contributed by atoms with Gasteiger partial charge in [-0.15, -0.1) is 0 Å². The second kappa shape index (κ2) is 9.72. The first-order valence-electron chi connectivity index (χ1n) is 12.8. The fourth-order valence-electron chi connectivity index (χ4n) is 5.41. The molecule has 2 fully saturated rings. The van der Waals surface area contributed by atoms with Gasteiger partial charge in [0.2, 0.25) is 0 Å². The Bertz CT molecular complexity index is 1230. The minimum Gasteiger partial charge on any atom is -0.481 e. The number of pyridine rings is 1. The van der Waals surface area contributed by atoms with Crippen molar-refractivity contribution in [2.45, 2.75) is 77.2 Å². The fraction of sp³-hybridized carbons (Fsp3) is 0.464. The number of aromatic nitrogens is 2. The number of aryl methyl sites for hydroxylation is 2. The van der Waals surface area contributed by atoms with Crippen molar-refractivity contribution in [3.05, 3.63) is 58.9 Å². The van der Waals surface area contributed by atoms with E-state index in [2.05, 4.69) is 42.7 Å². The van der Waals surface area contributed by atoms with E-state index in [0.29, 0.717) is 11.5 Å². The van der Waals surface area contributed by atoms with Crippen LogP contribution in [0.25, 0.3) is 5.65 Å². The van der Waals surface area contributed by atoms with Crippen LogP contribution in [-0.2, 0) is 4.79 Å². The molecule has 2 aliphatic carbocycles. The Balaban J connectivity index is 1.43. The zero-order valence-electron chi connectivity index (χ0n) is 20.5. The molecule has 1 unspecified atom stereocenters. The highest BCUT2D eigenvalue weighted by Gasteiger charge is 2.31. The number of carboxylic acids is 1. The van der Waals surface area contributed by atoms with Crippen LogP contribution in [0.15, 0.2) is 36.5 Å². The minimum absolute atomic E-state index is 0.0439. The van der Waals surface area contributed by atoms with E-state index in [1.165, 1.54) is 17.5 Å². The van der Waals surface area contributed by atoms with Gasteiger partial charge in [-0.05, 0) is 68.7 Å². The molecule has 1 atom stereocenters. The van der Waals surface area contributed by atoms with Crippen molar-refractivity contribution < 1.29 is 14.7 Å². The molecular formula is C28H34N4O3. The first-order valence-corrected chi connectivity index (χ1v) is 12.8. The lowest BCUT2D eigenvalue weighted by atomic mass is 9.82. The fourth-order valence-corrected chi connectivity index (χ4v) is 5.41. The second-order valence-electron chi connectivity index (χ2n) is 10.2. The van der Waals surface area contributed by atoms with Crippen molar-refractivity contribution in [1.82, 2.24) is 14.7 Å². The van der Waals surface area contributed by atoms with Gasteiger partial charge in [-0.25, -0.2) is 4.98 Å². The van der Waals surface area contributed by atoms with Crippen LogP contribution in [0.2, 0.25) is 0 Å². The number of carbonyl (C=O) groups excluding carboxylic acids is 1. The number of benzene rings is 1. The number of fused-ring (bicyclic) bond motifs is 1. The van der Waals surface area contributed by atoms with Crippen LogP contribution in [0.5, 0.6) is 0 Å². The number of nitrogens with zero attached hydrogens (tertiary/aromatic N) is 2. The Morgan fingerprint density at radius 2 is 1.80 bits per heavy atom. The van der Waals surface area contributed by atoms with E-state index in [1.54, 1.807) is 6.07 Å². The number of nitrogens with one attached hydrogen (secondary N) is 2. The lowest BCUT2D eigenvalue weighted by Crippen LogP contribution is -2.42. The predicted molar refractivity (Wildman–Crippen MR) is 136 cm³/mol. The third-order valence-electron chi connectivity index (χ3n) is 7.53. The molecule has 2 saturated carbocycles. The summed E-state index contributed by atoms with van der Waals surface area (Å²) in [6.07, 6.45) is 9.40. The topological polar surface area (TPSA) is 95.7 Å². The van der Waals surface area contributed by atoms with Crippen LogP contribution in [0, 0.1) is 19.8 Å². The molecule has 1 amide bonds. The van der Waals surface area contributed by atoms with Gasteiger partial charge in [-0.1, -0.05) is 37.5 Å². The van der Waals surface area contributed by atoms with Gasteiger partial charge in [0.1, 0.15) is 11.5 Å². The molecule has 2 aromatic heterocycles. The van der Waals surface area contributed by atoms with E-state index in [0.717, 1.165) is 61.4 Å². The molecule has 0 bridgehead atoms. The molecule has 5 rings (SSSR count). The molecule has 7 heteroatoms. The molecule has 0 saturated heterocycles. The number of anilines is 2. The van der Waals surface area contributed by atoms with Crippen molar-refractivity contribution in [3.8, 4) is 0 Å². The zero-order chi connectivity index (χ0) is 24.5. The summed E-state index contributed by atoms with van der Waals surface area (Å²) in [5.41, 5.74) is 5.70. The Kier molecular flexibility index (Phi) is 6.50. The van der Waals surface area contributed by atoms with Gasteiger partial charge in [0, 0.05) is 29.4 Å². The third-order valence-corrected chi connectivity index (χ3v) is 7.53. The van der Waals surface area contributed by atoms with Crippen LogP contribution in [0.3, 0.4) is 0 Å². The standard InChI is InChI=1S/C28H34N4O3/c1-17-7-6-8-18(2)25(17)31-27-26(20-11-12-20)30-23-15-21(13-14-32(23)27)28(35)29-22(16-24(33)34)19-9-4-3-5-10-19/h6-8,13-15,19-20,22,31H,3-5,9-12,16H2,1-2H3,(H,29,35)(H,33,34). The summed E-state index contributed by atoms with van der Waals surface area (Å²) in [5.74, 6) is 0.502. The monoisotopic (exact) mass is 474 g/mol. The van der Waals surface area contributed by atoms with Gasteiger partial charge in [0.15, 0.2) is 0 Å². The highest BCUT2D eigenvalue weighted by Crippen LogP contribution is 2.44.